The predicted molar refractivity (Wildman–Crippen MR) is 104 cm³/mol. The molecule has 2 aliphatic rings. The van der Waals surface area contributed by atoms with Crippen molar-refractivity contribution in [2.24, 2.45) is 0 Å². The van der Waals surface area contributed by atoms with E-state index in [2.05, 4.69) is 10.3 Å². The smallest absolute Gasteiger partial charge is 0.249 e. The molecule has 2 aliphatic heterocycles. The Morgan fingerprint density at radius 3 is 2.83 bits per heavy atom. The Hall–Kier alpha value is -2.87. The summed E-state index contributed by atoms with van der Waals surface area (Å²) in [6, 6.07) is 7.40. The number of halogens is 2. The SMILES string of the molecule is O=C(NCc1cccnc1)[C@H]1CC[C@@H]2[C@@H](CCN2C(=O)Cc2cccc(F)c2F)O1. The fourth-order valence-corrected chi connectivity index (χ4v) is 4.18. The molecule has 2 aromatic rings. The number of likely N-dealkylation sites (tertiary alicyclic amines) is 1. The zero-order valence-electron chi connectivity index (χ0n) is 16.4. The van der Waals surface area contributed by atoms with E-state index in [0.717, 1.165) is 11.6 Å². The van der Waals surface area contributed by atoms with Crippen LogP contribution in [0.1, 0.15) is 30.4 Å². The van der Waals surface area contributed by atoms with Crippen LogP contribution >= 0.6 is 0 Å². The molecule has 2 saturated heterocycles. The summed E-state index contributed by atoms with van der Waals surface area (Å²) < 4.78 is 33.3. The first-order chi connectivity index (χ1) is 14.5. The lowest BCUT2D eigenvalue weighted by Crippen LogP contribution is -2.49. The normalized spacial score (nSPS) is 23.1. The molecule has 2 amide bonds. The summed E-state index contributed by atoms with van der Waals surface area (Å²) in [4.78, 5) is 30.9. The summed E-state index contributed by atoms with van der Waals surface area (Å²) in [5, 5.41) is 2.87. The molecule has 30 heavy (non-hydrogen) atoms. The van der Waals surface area contributed by atoms with Crippen LogP contribution in [0.2, 0.25) is 0 Å². The van der Waals surface area contributed by atoms with Crippen LogP contribution in [-0.4, -0.2) is 46.5 Å². The van der Waals surface area contributed by atoms with Crippen molar-refractivity contribution in [3.8, 4) is 0 Å². The van der Waals surface area contributed by atoms with Gasteiger partial charge >= 0.3 is 0 Å². The van der Waals surface area contributed by atoms with Crippen LogP contribution in [0.25, 0.3) is 0 Å². The number of ether oxygens (including phenoxy) is 1. The number of amides is 2. The number of fused-ring (bicyclic) bond motifs is 1. The van der Waals surface area contributed by atoms with Gasteiger partial charge < -0.3 is 15.0 Å². The highest BCUT2D eigenvalue weighted by atomic mass is 19.2. The van der Waals surface area contributed by atoms with Crippen LogP contribution in [0.4, 0.5) is 8.78 Å². The van der Waals surface area contributed by atoms with E-state index in [-0.39, 0.29) is 35.9 Å². The molecule has 1 aromatic carbocycles. The number of nitrogens with zero attached hydrogens (tertiary/aromatic N) is 2. The topological polar surface area (TPSA) is 71.5 Å². The molecule has 2 fully saturated rings. The van der Waals surface area contributed by atoms with Gasteiger partial charge in [-0.15, -0.1) is 0 Å². The van der Waals surface area contributed by atoms with E-state index in [0.29, 0.717) is 32.4 Å². The lowest BCUT2D eigenvalue weighted by atomic mass is 9.98. The number of hydrogen-bond donors (Lipinski definition) is 1. The van der Waals surface area contributed by atoms with Gasteiger partial charge in [0.2, 0.25) is 11.8 Å². The van der Waals surface area contributed by atoms with Gasteiger partial charge in [-0.25, -0.2) is 8.78 Å². The Morgan fingerprint density at radius 2 is 2.03 bits per heavy atom. The van der Waals surface area contributed by atoms with Crippen molar-refractivity contribution >= 4 is 11.8 Å². The number of carbonyl (C=O) groups is 2. The van der Waals surface area contributed by atoms with Crippen LogP contribution < -0.4 is 5.32 Å². The third-order valence-electron chi connectivity index (χ3n) is 5.72. The molecule has 0 bridgehead atoms. The minimum absolute atomic E-state index is 0.0489. The van der Waals surface area contributed by atoms with E-state index in [9.17, 15) is 18.4 Å². The molecule has 3 heterocycles. The Labute approximate surface area is 173 Å². The quantitative estimate of drug-likeness (QED) is 0.814. The van der Waals surface area contributed by atoms with E-state index < -0.39 is 17.7 Å². The number of rotatable bonds is 5. The maximum atomic E-state index is 13.9. The number of pyridine rings is 1. The first kappa shape index (κ1) is 20.4. The minimum atomic E-state index is -0.980. The van der Waals surface area contributed by atoms with Crippen molar-refractivity contribution in [3.63, 3.8) is 0 Å². The monoisotopic (exact) mass is 415 g/mol. The van der Waals surface area contributed by atoms with Gasteiger partial charge in [-0.2, -0.15) is 0 Å². The summed E-state index contributed by atoms with van der Waals surface area (Å²) in [6.45, 7) is 0.861. The van der Waals surface area contributed by atoms with Crippen LogP contribution in [0.5, 0.6) is 0 Å². The molecule has 1 aromatic heterocycles. The fraction of sp³-hybridized carbons (Fsp3) is 0.409. The van der Waals surface area contributed by atoms with Crippen molar-refractivity contribution in [2.45, 2.75) is 50.5 Å². The zero-order valence-corrected chi connectivity index (χ0v) is 16.4. The third-order valence-corrected chi connectivity index (χ3v) is 5.72. The molecule has 6 nitrogen and oxygen atoms in total. The van der Waals surface area contributed by atoms with Crippen molar-refractivity contribution in [1.29, 1.82) is 0 Å². The van der Waals surface area contributed by atoms with Gasteiger partial charge in [0, 0.05) is 31.0 Å². The number of aromatic nitrogens is 1. The van der Waals surface area contributed by atoms with Gasteiger partial charge in [-0.1, -0.05) is 18.2 Å². The number of carbonyl (C=O) groups excluding carboxylic acids is 2. The van der Waals surface area contributed by atoms with E-state index in [4.69, 9.17) is 4.74 Å². The second-order valence-corrected chi connectivity index (χ2v) is 7.65. The van der Waals surface area contributed by atoms with Crippen molar-refractivity contribution in [3.05, 3.63) is 65.5 Å². The average molecular weight is 415 g/mol. The Bertz CT molecular complexity index is 925. The fourth-order valence-electron chi connectivity index (χ4n) is 4.18. The molecule has 3 atom stereocenters. The van der Waals surface area contributed by atoms with Crippen molar-refractivity contribution in [1.82, 2.24) is 15.2 Å². The molecule has 1 N–H and O–H groups in total. The molecule has 0 spiro atoms. The first-order valence-corrected chi connectivity index (χ1v) is 10.1. The zero-order chi connectivity index (χ0) is 21.1. The Balaban J connectivity index is 1.32. The molecule has 0 aliphatic carbocycles. The second-order valence-electron chi connectivity index (χ2n) is 7.65. The molecule has 0 unspecified atom stereocenters. The molecule has 4 rings (SSSR count). The van der Waals surface area contributed by atoms with E-state index in [1.165, 1.54) is 12.1 Å². The van der Waals surface area contributed by atoms with E-state index >= 15 is 0 Å². The lowest BCUT2D eigenvalue weighted by Gasteiger charge is -2.35. The van der Waals surface area contributed by atoms with Gasteiger partial charge in [0.1, 0.15) is 6.10 Å². The van der Waals surface area contributed by atoms with Crippen LogP contribution in [0, 0.1) is 11.6 Å². The molecule has 8 heteroatoms. The maximum absolute atomic E-state index is 13.9. The summed E-state index contributed by atoms with van der Waals surface area (Å²) in [6.07, 6.45) is 4.14. The molecular formula is C22H23F2N3O3. The summed E-state index contributed by atoms with van der Waals surface area (Å²) in [7, 11) is 0. The predicted octanol–water partition coefficient (Wildman–Crippen LogP) is 2.37. The van der Waals surface area contributed by atoms with Gasteiger partial charge in [0.25, 0.3) is 0 Å². The van der Waals surface area contributed by atoms with Crippen LogP contribution in [-0.2, 0) is 27.3 Å². The van der Waals surface area contributed by atoms with Crippen molar-refractivity contribution in [2.75, 3.05) is 6.54 Å². The standard InChI is InChI=1S/C22H23F2N3O3/c23-16-5-1-4-15(21(16)24)11-20(28)27-10-8-18-17(27)6-7-19(30-18)22(29)26-13-14-3-2-9-25-12-14/h1-5,9,12,17-19H,6-8,10-11,13H2,(H,26,29)/t17-,18-,19-/m1/s1. The highest BCUT2D eigenvalue weighted by molar-refractivity contribution is 5.81. The number of hydrogen-bond acceptors (Lipinski definition) is 4. The lowest BCUT2D eigenvalue weighted by molar-refractivity contribution is -0.147. The first-order valence-electron chi connectivity index (χ1n) is 10.1. The van der Waals surface area contributed by atoms with Gasteiger partial charge in [-0.05, 0) is 37.0 Å². The highest BCUT2D eigenvalue weighted by Crippen LogP contribution is 2.32. The average Bonchev–Trinajstić information content (AvgIpc) is 3.19. The van der Waals surface area contributed by atoms with Gasteiger partial charge in [-0.3, -0.25) is 14.6 Å². The summed E-state index contributed by atoms with van der Waals surface area (Å²) in [5.41, 5.74) is 0.953. The van der Waals surface area contributed by atoms with Crippen molar-refractivity contribution < 1.29 is 23.1 Å². The Morgan fingerprint density at radius 1 is 1.17 bits per heavy atom. The van der Waals surface area contributed by atoms with Crippen LogP contribution in [0.15, 0.2) is 42.7 Å². The largest absolute Gasteiger partial charge is 0.363 e. The van der Waals surface area contributed by atoms with E-state index in [1.54, 1.807) is 17.3 Å². The Kier molecular flexibility index (Phi) is 6.03. The number of benzene rings is 1. The van der Waals surface area contributed by atoms with Crippen LogP contribution in [0.3, 0.4) is 0 Å². The molecule has 0 radical (unpaired) electrons. The second kappa shape index (κ2) is 8.87. The molecule has 158 valence electrons. The molecule has 0 saturated carbocycles. The summed E-state index contributed by atoms with van der Waals surface area (Å²) >= 11 is 0. The van der Waals surface area contributed by atoms with Gasteiger partial charge in [0.05, 0.1) is 18.6 Å². The number of nitrogens with one attached hydrogen (secondary N) is 1. The van der Waals surface area contributed by atoms with Gasteiger partial charge in [0.15, 0.2) is 11.6 Å². The van der Waals surface area contributed by atoms with E-state index in [1.807, 2.05) is 12.1 Å². The highest BCUT2D eigenvalue weighted by Gasteiger charge is 2.43. The summed E-state index contributed by atoms with van der Waals surface area (Å²) in [5.74, 6) is -2.37. The minimum Gasteiger partial charge on any atom is -0.363 e. The molecular weight excluding hydrogens is 392 g/mol. The maximum Gasteiger partial charge on any atom is 0.249 e. The third kappa shape index (κ3) is 4.33.